The molecule has 2 N–H and O–H groups in total. The average Bonchev–Trinajstić information content (AvgIpc) is 3.15. The van der Waals surface area contributed by atoms with Crippen LogP contribution in [0.5, 0.6) is 5.75 Å². The Kier molecular flexibility index (Phi) is 5.86. The van der Waals surface area contributed by atoms with Crippen molar-refractivity contribution in [2.75, 3.05) is 5.32 Å². The number of carbonyl (C=O) groups excluding carboxylic acids is 3. The first kappa shape index (κ1) is 18.6. The Morgan fingerprint density at radius 2 is 1.59 bits per heavy atom. The van der Waals surface area contributed by atoms with E-state index in [0.717, 1.165) is 25.7 Å². The summed E-state index contributed by atoms with van der Waals surface area (Å²) in [4.78, 5) is 36.1. The van der Waals surface area contributed by atoms with Gasteiger partial charge in [-0.15, -0.1) is 0 Å². The fraction of sp³-hybridized carbons (Fsp3) is 0.286. The zero-order chi connectivity index (χ0) is 19.2. The second-order valence-electron chi connectivity index (χ2n) is 6.57. The number of amides is 2. The van der Waals surface area contributed by atoms with Gasteiger partial charge in [0, 0.05) is 18.5 Å². The Labute approximate surface area is 157 Å². The van der Waals surface area contributed by atoms with E-state index in [1.165, 1.54) is 6.92 Å². The van der Waals surface area contributed by atoms with Gasteiger partial charge in [-0.05, 0) is 49.2 Å². The minimum absolute atomic E-state index is 0.178. The van der Waals surface area contributed by atoms with Crippen LogP contribution >= 0.6 is 0 Å². The molecule has 3 rings (SSSR count). The van der Waals surface area contributed by atoms with E-state index < -0.39 is 5.97 Å². The number of ether oxygens (including phenoxy) is 1. The number of hydrogen-bond donors (Lipinski definition) is 2. The Morgan fingerprint density at radius 1 is 0.926 bits per heavy atom. The molecule has 0 radical (unpaired) electrons. The Hall–Kier alpha value is -3.15. The highest BCUT2D eigenvalue weighted by atomic mass is 16.5. The van der Waals surface area contributed by atoms with Crippen molar-refractivity contribution in [3.63, 3.8) is 0 Å². The van der Waals surface area contributed by atoms with Gasteiger partial charge in [0.1, 0.15) is 5.75 Å². The third-order valence-electron chi connectivity index (χ3n) is 4.49. The molecule has 2 aromatic rings. The lowest BCUT2D eigenvalue weighted by Crippen LogP contribution is -2.33. The van der Waals surface area contributed by atoms with Gasteiger partial charge in [0.05, 0.1) is 11.3 Å². The van der Waals surface area contributed by atoms with Crippen LogP contribution in [0.2, 0.25) is 0 Å². The van der Waals surface area contributed by atoms with E-state index in [1.807, 2.05) is 0 Å². The molecule has 0 spiro atoms. The summed E-state index contributed by atoms with van der Waals surface area (Å²) in [5.74, 6) is -0.571. The molecule has 0 bridgehead atoms. The summed E-state index contributed by atoms with van der Waals surface area (Å²) in [5.41, 5.74) is 1.30. The van der Waals surface area contributed by atoms with Gasteiger partial charge < -0.3 is 15.4 Å². The molecular weight excluding hydrogens is 344 g/mol. The number of hydrogen-bond acceptors (Lipinski definition) is 4. The molecule has 0 saturated heterocycles. The van der Waals surface area contributed by atoms with Crippen molar-refractivity contribution in [2.45, 2.75) is 38.6 Å². The van der Waals surface area contributed by atoms with Gasteiger partial charge in [-0.2, -0.15) is 0 Å². The van der Waals surface area contributed by atoms with Gasteiger partial charge in [0.15, 0.2) is 0 Å². The highest BCUT2D eigenvalue weighted by molar-refractivity contribution is 6.09. The van der Waals surface area contributed by atoms with Crippen LogP contribution in [0.15, 0.2) is 48.5 Å². The minimum Gasteiger partial charge on any atom is -0.427 e. The first-order valence-corrected chi connectivity index (χ1v) is 9.02. The predicted molar refractivity (Wildman–Crippen MR) is 102 cm³/mol. The molecule has 1 saturated carbocycles. The number of benzene rings is 2. The van der Waals surface area contributed by atoms with Crippen LogP contribution in [-0.4, -0.2) is 23.8 Å². The van der Waals surface area contributed by atoms with Gasteiger partial charge in [-0.25, -0.2) is 0 Å². The topological polar surface area (TPSA) is 84.5 Å². The summed E-state index contributed by atoms with van der Waals surface area (Å²) in [5, 5.41) is 5.82. The predicted octanol–water partition coefficient (Wildman–Crippen LogP) is 3.54. The van der Waals surface area contributed by atoms with Gasteiger partial charge in [-0.1, -0.05) is 25.0 Å². The molecule has 27 heavy (non-hydrogen) atoms. The van der Waals surface area contributed by atoms with Gasteiger partial charge in [0.25, 0.3) is 11.8 Å². The van der Waals surface area contributed by atoms with Crippen molar-refractivity contribution in [3.05, 3.63) is 59.7 Å². The van der Waals surface area contributed by atoms with Crippen LogP contribution in [0.25, 0.3) is 0 Å². The number of para-hydroxylation sites is 1. The van der Waals surface area contributed by atoms with Crippen LogP contribution < -0.4 is 15.4 Å². The summed E-state index contributed by atoms with van der Waals surface area (Å²) in [7, 11) is 0. The van der Waals surface area contributed by atoms with Crippen molar-refractivity contribution < 1.29 is 19.1 Å². The Morgan fingerprint density at radius 3 is 2.26 bits per heavy atom. The van der Waals surface area contributed by atoms with Crippen LogP contribution in [0, 0.1) is 0 Å². The molecule has 0 atom stereocenters. The lowest BCUT2D eigenvalue weighted by atomic mass is 10.1. The largest absolute Gasteiger partial charge is 0.427 e. The van der Waals surface area contributed by atoms with Crippen molar-refractivity contribution in [1.82, 2.24) is 5.32 Å². The highest BCUT2D eigenvalue weighted by Gasteiger charge is 2.20. The van der Waals surface area contributed by atoms with Crippen LogP contribution in [0.4, 0.5) is 5.69 Å². The molecule has 6 heteroatoms. The Balaban J connectivity index is 1.70. The number of anilines is 1. The normalized spacial score (nSPS) is 13.8. The van der Waals surface area contributed by atoms with E-state index in [1.54, 1.807) is 48.5 Å². The molecule has 140 valence electrons. The SMILES string of the molecule is CC(=O)Oc1ccc(C(=O)Nc2ccccc2C(=O)NC2CCCC2)cc1. The zero-order valence-electron chi connectivity index (χ0n) is 15.2. The van der Waals surface area contributed by atoms with Crippen LogP contribution in [0.1, 0.15) is 53.3 Å². The highest BCUT2D eigenvalue weighted by Crippen LogP contribution is 2.21. The standard InChI is InChI=1S/C21H22N2O4/c1-14(24)27-17-12-10-15(11-13-17)20(25)23-19-9-5-4-8-18(19)21(26)22-16-6-2-3-7-16/h4-5,8-13,16H,2-3,6-7H2,1H3,(H,22,26)(H,23,25). The third kappa shape index (κ3) is 4.94. The molecule has 0 unspecified atom stereocenters. The van der Waals surface area contributed by atoms with Crippen molar-refractivity contribution in [3.8, 4) is 5.75 Å². The molecule has 1 aliphatic carbocycles. The molecule has 0 heterocycles. The first-order valence-electron chi connectivity index (χ1n) is 9.02. The summed E-state index contributed by atoms with van der Waals surface area (Å²) in [6, 6.07) is 13.4. The average molecular weight is 366 g/mol. The fourth-order valence-electron chi connectivity index (χ4n) is 3.16. The lowest BCUT2D eigenvalue weighted by molar-refractivity contribution is -0.131. The Bertz CT molecular complexity index is 840. The summed E-state index contributed by atoms with van der Waals surface area (Å²) < 4.78 is 4.96. The maximum Gasteiger partial charge on any atom is 0.308 e. The number of carbonyl (C=O) groups is 3. The number of esters is 1. The third-order valence-corrected chi connectivity index (χ3v) is 4.49. The zero-order valence-corrected chi connectivity index (χ0v) is 15.2. The van der Waals surface area contributed by atoms with Gasteiger partial charge in [0.2, 0.25) is 0 Å². The molecular formula is C21H22N2O4. The van der Waals surface area contributed by atoms with E-state index >= 15 is 0 Å². The number of rotatable bonds is 5. The summed E-state index contributed by atoms with van der Waals surface area (Å²) in [6.07, 6.45) is 4.25. The molecule has 0 aromatic heterocycles. The quantitative estimate of drug-likeness (QED) is 0.626. The van der Waals surface area contributed by atoms with E-state index in [0.29, 0.717) is 22.6 Å². The summed E-state index contributed by atoms with van der Waals surface area (Å²) in [6.45, 7) is 1.31. The maximum atomic E-state index is 12.6. The van der Waals surface area contributed by atoms with Crippen LogP contribution in [0.3, 0.4) is 0 Å². The summed E-state index contributed by atoms with van der Waals surface area (Å²) >= 11 is 0. The molecule has 6 nitrogen and oxygen atoms in total. The van der Waals surface area contributed by atoms with Crippen molar-refractivity contribution >= 4 is 23.5 Å². The van der Waals surface area contributed by atoms with Gasteiger partial charge in [-0.3, -0.25) is 14.4 Å². The smallest absolute Gasteiger partial charge is 0.308 e. The first-order chi connectivity index (χ1) is 13.0. The van der Waals surface area contributed by atoms with Crippen molar-refractivity contribution in [2.24, 2.45) is 0 Å². The minimum atomic E-state index is -0.422. The maximum absolute atomic E-state index is 12.6. The molecule has 1 fully saturated rings. The molecule has 0 aliphatic heterocycles. The van der Waals surface area contributed by atoms with Gasteiger partial charge >= 0.3 is 5.97 Å². The monoisotopic (exact) mass is 366 g/mol. The fourth-order valence-corrected chi connectivity index (χ4v) is 3.16. The van der Waals surface area contributed by atoms with E-state index in [9.17, 15) is 14.4 Å². The second-order valence-corrected chi connectivity index (χ2v) is 6.57. The second kappa shape index (κ2) is 8.49. The van der Waals surface area contributed by atoms with Crippen molar-refractivity contribution in [1.29, 1.82) is 0 Å². The van der Waals surface area contributed by atoms with E-state index in [4.69, 9.17) is 4.74 Å². The molecule has 1 aliphatic rings. The van der Waals surface area contributed by atoms with E-state index in [-0.39, 0.29) is 17.9 Å². The van der Waals surface area contributed by atoms with E-state index in [2.05, 4.69) is 10.6 Å². The molecule has 2 amide bonds. The lowest BCUT2D eigenvalue weighted by Gasteiger charge is -2.15. The van der Waals surface area contributed by atoms with Crippen LogP contribution in [-0.2, 0) is 4.79 Å². The molecule has 2 aromatic carbocycles. The number of nitrogens with one attached hydrogen (secondary N) is 2.